The van der Waals surface area contributed by atoms with Crippen LogP contribution in [0.1, 0.15) is 36.9 Å². The number of halogens is 3. The number of anilines is 1. The van der Waals surface area contributed by atoms with Crippen molar-refractivity contribution >= 4 is 22.9 Å². The van der Waals surface area contributed by atoms with Gasteiger partial charge in [-0.1, -0.05) is 19.9 Å². The number of hydrogen-bond acceptors (Lipinski definition) is 5. The van der Waals surface area contributed by atoms with Crippen LogP contribution in [0.15, 0.2) is 29.9 Å². The molecule has 0 aromatic carbocycles. The Morgan fingerprint density at radius 1 is 1.33 bits per heavy atom. The highest BCUT2D eigenvalue weighted by Gasteiger charge is 2.34. The molecule has 0 bridgehead atoms. The SMILES string of the molecule is CC(C)CC(Nc1cc(C(F)(F)F)nc2ncnn12)c1cccs1. The highest BCUT2D eigenvalue weighted by atomic mass is 32.1. The smallest absolute Gasteiger partial charge is 0.362 e. The van der Waals surface area contributed by atoms with E-state index in [1.807, 2.05) is 17.5 Å². The van der Waals surface area contributed by atoms with Gasteiger partial charge in [0.2, 0.25) is 0 Å². The summed E-state index contributed by atoms with van der Waals surface area (Å²) in [4.78, 5) is 8.37. The van der Waals surface area contributed by atoms with E-state index >= 15 is 0 Å². The maximum atomic E-state index is 13.1. The Bertz CT molecular complexity index is 810. The van der Waals surface area contributed by atoms with Crippen molar-refractivity contribution in [2.75, 3.05) is 5.32 Å². The summed E-state index contributed by atoms with van der Waals surface area (Å²) in [6, 6.07) is 4.76. The number of thiophene rings is 1. The molecule has 1 unspecified atom stereocenters. The molecule has 0 fully saturated rings. The van der Waals surface area contributed by atoms with Crippen molar-refractivity contribution in [1.82, 2.24) is 19.6 Å². The highest BCUT2D eigenvalue weighted by Crippen LogP contribution is 2.32. The van der Waals surface area contributed by atoms with E-state index < -0.39 is 11.9 Å². The van der Waals surface area contributed by atoms with Crippen LogP contribution < -0.4 is 5.32 Å². The van der Waals surface area contributed by atoms with Crippen molar-refractivity contribution in [2.24, 2.45) is 5.92 Å². The van der Waals surface area contributed by atoms with Crippen LogP contribution in [0.25, 0.3) is 5.78 Å². The van der Waals surface area contributed by atoms with E-state index in [4.69, 9.17) is 0 Å². The summed E-state index contributed by atoms with van der Waals surface area (Å²) in [5.41, 5.74) is -0.986. The molecular formula is C15H16F3N5S. The Kier molecular flexibility index (Phi) is 4.44. The van der Waals surface area contributed by atoms with Gasteiger partial charge in [-0.05, 0) is 23.8 Å². The van der Waals surface area contributed by atoms with Crippen molar-refractivity contribution in [2.45, 2.75) is 32.5 Å². The first-order valence-electron chi connectivity index (χ1n) is 7.42. The van der Waals surface area contributed by atoms with Gasteiger partial charge in [-0.25, -0.2) is 4.98 Å². The van der Waals surface area contributed by atoms with Gasteiger partial charge in [0, 0.05) is 10.9 Å². The lowest BCUT2D eigenvalue weighted by Gasteiger charge is -2.21. The van der Waals surface area contributed by atoms with Crippen LogP contribution in [0.5, 0.6) is 0 Å². The molecule has 1 N–H and O–H groups in total. The zero-order chi connectivity index (χ0) is 17.3. The molecule has 0 saturated heterocycles. The molecular weight excluding hydrogens is 339 g/mol. The Hall–Kier alpha value is -2.16. The Morgan fingerprint density at radius 2 is 2.12 bits per heavy atom. The predicted molar refractivity (Wildman–Crippen MR) is 85.9 cm³/mol. The summed E-state index contributed by atoms with van der Waals surface area (Å²) >= 11 is 1.56. The van der Waals surface area contributed by atoms with E-state index in [9.17, 15) is 13.2 Å². The van der Waals surface area contributed by atoms with Gasteiger partial charge < -0.3 is 5.32 Å². The second kappa shape index (κ2) is 6.39. The lowest BCUT2D eigenvalue weighted by Crippen LogP contribution is -2.17. The molecule has 0 saturated carbocycles. The maximum absolute atomic E-state index is 13.1. The highest BCUT2D eigenvalue weighted by molar-refractivity contribution is 7.10. The fourth-order valence-corrected chi connectivity index (χ4v) is 3.24. The van der Waals surface area contributed by atoms with Crippen molar-refractivity contribution < 1.29 is 13.2 Å². The van der Waals surface area contributed by atoms with Crippen LogP contribution in [0.2, 0.25) is 0 Å². The summed E-state index contributed by atoms with van der Waals surface area (Å²) in [6.45, 7) is 4.14. The Morgan fingerprint density at radius 3 is 2.75 bits per heavy atom. The Balaban J connectivity index is 2.02. The van der Waals surface area contributed by atoms with E-state index in [0.29, 0.717) is 5.92 Å². The van der Waals surface area contributed by atoms with Gasteiger partial charge in [-0.2, -0.15) is 27.8 Å². The fraction of sp³-hybridized carbons (Fsp3) is 0.400. The molecule has 0 aliphatic carbocycles. The third kappa shape index (κ3) is 3.50. The summed E-state index contributed by atoms with van der Waals surface area (Å²) in [7, 11) is 0. The first kappa shape index (κ1) is 16.7. The largest absolute Gasteiger partial charge is 0.433 e. The van der Waals surface area contributed by atoms with Crippen molar-refractivity contribution in [3.05, 3.63) is 40.5 Å². The number of nitrogens with zero attached hydrogens (tertiary/aromatic N) is 4. The molecule has 0 spiro atoms. The minimum atomic E-state index is -4.54. The fourth-order valence-electron chi connectivity index (χ4n) is 2.45. The molecule has 3 aromatic rings. The zero-order valence-corrected chi connectivity index (χ0v) is 13.9. The molecule has 3 aromatic heterocycles. The van der Waals surface area contributed by atoms with Gasteiger partial charge in [-0.15, -0.1) is 11.3 Å². The predicted octanol–water partition coefficient (Wildman–Crippen LogP) is 4.40. The molecule has 5 nitrogen and oxygen atoms in total. The molecule has 9 heteroatoms. The third-order valence-corrected chi connectivity index (χ3v) is 4.44. The van der Waals surface area contributed by atoms with Crippen LogP contribution in [-0.2, 0) is 6.18 Å². The number of aromatic nitrogens is 4. The number of nitrogens with one attached hydrogen (secondary N) is 1. The van der Waals surface area contributed by atoms with Crippen molar-refractivity contribution in [3.8, 4) is 0 Å². The molecule has 0 radical (unpaired) electrons. The molecule has 0 aliphatic rings. The van der Waals surface area contributed by atoms with Crippen molar-refractivity contribution in [3.63, 3.8) is 0 Å². The van der Waals surface area contributed by atoms with Crippen LogP contribution in [0, 0.1) is 5.92 Å². The summed E-state index contributed by atoms with van der Waals surface area (Å²) in [5.74, 6) is 0.519. The topological polar surface area (TPSA) is 55.1 Å². The summed E-state index contributed by atoms with van der Waals surface area (Å²) < 4.78 is 40.5. The van der Waals surface area contributed by atoms with Gasteiger partial charge in [0.15, 0.2) is 5.69 Å². The first-order chi connectivity index (χ1) is 11.3. The molecule has 1 atom stereocenters. The monoisotopic (exact) mass is 355 g/mol. The van der Waals surface area contributed by atoms with E-state index in [-0.39, 0.29) is 17.6 Å². The standard InChI is InChI=1S/C15H16F3N5S/c1-9(2)6-10(11-4-3-5-24-11)21-13-7-12(15(16,17)18)22-14-19-8-20-23(13)14/h3-5,7-10,21H,6H2,1-2H3. The van der Waals surface area contributed by atoms with Gasteiger partial charge in [0.05, 0.1) is 6.04 Å². The van der Waals surface area contributed by atoms with Crippen LogP contribution in [-0.4, -0.2) is 19.6 Å². The number of hydrogen-bond donors (Lipinski definition) is 1. The second-order valence-corrected chi connectivity index (χ2v) is 6.82. The molecule has 24 heavy (non-hydrogen) atoms. The number of rotatable bonds is 5. The molecule has 0 amide bonds. The summed E-state index contributed by atoms with van der Waals surface area (Å²) in [5, 5.41) is 9.10. The first-order valence-corrected chi connectivity index (χ1v) is 8.30. The molecule has 3 heterocycles. The summed E-state index contributed by atoms with van der Waals surface area (Å²) in [6.07, 6.45) is -2.57. The zero-order valence-electron chi connectivity index (χ0n) is 13.1. The maximum Gasteiger partial charge on any atom is 0.433 e. The van der Waals surface area contributed by atoms with Gasteiger partial charge in [0.1, 0.15) is 12.1 Å². The molecule has 3 rings (SSSR count). The average Bonchev–Trinajstić information content (AvgIpc) is 3.16. The van der Waals surface area contributed by atoms with Crippen LogP contribution in [0.4, 0.5) is 19.0 Å². The average molecular weight is 355 g/mol. The molecule has 0 aliphatic heterocycles. The number of alkyl halides is 3. The quantitative estimate of drug-likeness (QED) is 0.737. The second-order valence-electron chi connectivity index (χ2n) is 5.84. The lowest BCUT2D eigenvalue weighted by atomic mass is 10.0. The lowest BCUT2D eigenvalue weighted by molar-refractivity contribution is -0.141. The van der Waals surface area contributed by atoms with E-state index in [1.165, 1.54) is 10.8 Å². The van der Waals surface area contributed by atoms with E-state index in [2.05, 4.69) is 34.2 Å². The van der Waals surface area contributed by atoms with E-state index in [0.717, 1.165) is 17.4 Å². The Labute approximate surface area is 140 Å². The third-order valence-electron chi connectivity index (χ3n) is 3.46. The van der Waals surface area contributed by atoms with Gasteiger partial charge in [-0.3, -0.25) is 0 Å². The van der Waals surface area contributed by atoms with Gasteiger partial charge >= 0.3 is 6.18 Å². The van der Waals surface area contributed by atoms with Crippen molar-refractivity contribution in [1.29, 1.82) is 0 Å². The number of fused-ring (bicyclic) bond motifs is 1. The van der Waals surface area contributed by atoms with Crippen LogP contribution in [0.3, 0.4) is 0 Å². The normalized spacial score (nSPS) is 13.6. The molecule has 128 valence electrons. The minimum Gasteiger partial charge on any atom is -0.362 e. The van der Waals surface area contributed by atoms with Gasteiger partial charge in [0.25, 0.3) is 5.78 Å². The van der Waals surface area contributed by atoms with Crippen LogP contribution >= 0.6 is 11.3 Å². The minimum absolute atomic E-state index is 0.0817. The van der Waals surface area contributed by atoms with E-state index in [1.54, 1.807) is 11.3 Å².